The van der Waals surface area contributed by atoms with Crippen LogP contribution < -0.4 is 5.32 Å². The third-order valence-corrected chi connectivity index (χ3v) is 7.52. The molecule has 0 aromatic heterocycles. The molecule has 3 aliphatic carbocycles. The fourth-order valence-electron chi connectivity index (χ4n) is 5.91. The Morgan fingerprint density at radius 2 is 1.74 bits per heavy atom. The average Bonchev–Trinajstić information content (AvgIpc) is 3.08. The second kappa shape index (κ2) is 6.12. The van der Waals surface area contributed by atoms with Gasteiger partial charge in [0.15, 0.2) is 0 Å². The molecule has 27 heavy (non-hydrogen) atoms. The van der Waals surface area contributed by atoms with E-state index in [4.69, 9.17) is 4.74 Å². The summed E-state index contributed by atoms with van der Waals surface area (Å²) in [6, 6.07) is 17.1. The number of fused-ring (bicyclic) bond motifs is 4. The molecule has 2 fully saturated rings. The Bertz CT molecular complexity index is 846. The predicted molar refractivity (Wildman–Crippen MR) is 107 cm³/mol. The van der Waals surface area contributed by atoms with E-state index < -0.39 is 0 Å². The molecule has 4 atom stereocenters. The van der Waals surface area contributed by atoms with Crippen molar-refractivity contribution < 1.29 is 9.53 Å². The molecule has 0 heterocycles. The Labute approximate surface area is 161 Å². The van der Waals surface area contributed by atoms with Crippen molar-refractivity contribution in [2.45, 2.75) is 45.1 Å². The summed E-state index contributed by atoms with van der Waals surface area (Å²) >= 11 is 0. The molecule has 0 radical (unpaired) electrons. The van der Waals surface area contributed by atoms with Gasteiger partial charge in [0, 0.05) is 12.0 Å². The number of nitrogens with one attached hydrogen (secondary N) is 1. The second-order valence-electron chi connectivity index (χ2n) is 8.90. The Hall–Kier alpha value is -2.29. The number of hydrogen-bond acceptors (Lipinski definition) is 2. The number of carbonyl (C=O) groups is 1. The highest BCUT2D eigenvalue weighted by Gasteiger charge is 2.56. The molecule has 1 N–H and O–H groups in total. The van der Waals surface area contributed by atoms with Gasteiger partial charge in [-0.2, -0.15) is 0 Å². The molecular formula is C24H27NO2. The zero-order valence-electron chi connectivity index (χ0n) is 16.1. The summed E-state index contributed by atoms with van der Waals surface area (Å²) in [7, 11) is 0. The van der Waals surface area contributed by atoms with Crippen molar-refractivity contribution in [1.29, 1.82) is 0 Å². The van der Waals surface area contributed by atoms with Gasteiger partial charge < -0.3 is 10.1 Å². The van der Waals surface area contributed by atoms with Crippen LogP contribution in [0.1, 0.15) is 50.2 Å². The first-order chi connectivity index (χ1) is 13.1. The van der Waals surface area contributed by atoms with Crippen LogP contribution >= 0.6 is 0 Å². The van der Waals surface area contributed by atoms with Crippen LogP contribution in [0.25, 0.3) is 11.1 Å². The molecule has 2 aromatic rings. The van der Waals surface area contributed by atoms with Crippen LogP contribution in [0.4, 0.5) is 4.79 Å². The lowest BCUT2D eigenvalue weighted by Gasteiger charge is -2.46. The zero-order valence-corrected chi connectivity index (χ0v) is 16.1. The van der Waals surface area contributed by atoms with Crippen molar-refractivity contribution in [2.75, 3.05) is 6.61 Å². The van der Waals surface area contributed by atoms with E-state index in [2.05, 4.69) is 67.7 Å². The highest BCUT2D eigenvalue weighted by molar-refractivity contribution is 5.79. The first-order valence-electron chi connectivity index (χ1n) is 10.2. The Balaban J connectivity index is 1.30. The smallest absolute Gasteiger partial charge is 0.407 e. The molecule has 3 aliphatic rings. The minimum Gasteiger partial charge on any atom is -0.449 e. The number of hydrogen-bond donors (Lipinski definition) is 1. The predicted octanol–water partition coefficient (Wildman–Crippen LogP) is 5.35. The molecule has 0 saturated heterocycles. The summed E-state index contributed by atoms with van der Waals surface area (Å²) < 4.78 is 5.75. The van der Waals surface area contributed by atoms with Crippen LogP contribution in [0.3, 0.4) is 0 Å². The van der Waals surface area contributed by atoms with Crippen LogP contribution in [0.5, 0.6) is 0 Å². The van der Waals surface area contributed by atoms with Crippen molar-refractivity contribution in [1.82, 2.24) is 5.32 Å². The van der Waals surface area contributed by atoms with Gasteiger partial charge in [0.1, 0.15) is 6.61 Å². The van der Waals surface area contributed by atoms with Crippen LogP contribution in [0.2, 0.25) is 0 Å². The third-order valence-electron chi connectivity index (χ3n) is 7.52. The molecule has 2 aromatic carbocycles. The maximum absolute atomic E-state index is 12.6. The van der Waals surface area contributed by atoms with Crippen LogP contribution in [-0.2, 0) is 4.74 Å². The van der Waals surface area contributed by atoms with Gasteiger partial charge in [0.2, 0.25) is 0 Å². The van der Waals surface area contributed by atoms with Crippen LogP contribution in [0, 0.1) is 17.3 Å². The lowest BCUT2D eigenvalue weighted by atomic mass is 9.61. The van der Waals surface area contributed by atoms with Gasteiger partial charge in [-0.3, -0.25) is 0 Å². The van der Waals surface area contributed by atoms with E-state index in [9.17, 15) is 4.79 Å². The van der Waals surface area contributed by atoms with Crippen molar-refractivity contribution >= 4 is 6.09 Å². The summed E-state index contributed by atoms with van der Waals surface area (Å²) in [5, 5.41) is 3.21. The SMILES string of the molecule is C[C@@H]1CC2CC[C@@]2(C)[C@H]1NC(=O)OCC1c2ccccc2-c2ccccc21. The largest absolute Gasteiger partial charge is 0.449 e. The highest BCUT2D eigenvalue weighted by Crippen LogP contribution is 2.59. The molecule has 2 saturated carbocycles. The Morgan fingerprint density at radius 1 is 1.11 bits per heavy atom. The summed E-state index contributed by atoms with van der Waals surface area (Å²) in [6.45, 7) is 4.98. The number of amides is 1. The van der Waals surface area contributed by atoms with Gasteiger partial charge in [-0.25, -0.2) is 4.79 Å². The van der Waals surface area contributed by atoms with Gasteiger partial charge >= 0.3 is 6.09 Å². The maximum atomic E-state index is 12.6. The third kappa shape index (κ3) is 2.51. The number of ether oxygens (including phenoxy) is 1. The topological polar surface area (TPSA) is 38.3 Å². The minimum atomic E-state index is -0.262. The number of carbonyl (C=O) groups excluding carboxylic acids is 1. The van der Waals surface area contributed by atoms with Gasteiger partial charge in [0.05, 0.1) is 0 Å². The van der Waals surface area contributed by atoms with E-state index in [-0.39, 0.29) is 23.5 Å². The van der Waals surface area contributed by atoms with E-state index >= 15 is 0 Å². The molecular weight excluding hydrogens is 334 g/mol. The van der Waals surface area contributed by atoms with Crippen molar-refractivity contribution in [3.63, 3.8) is 0 Å². The van der Waals surface area contributed by atoms with Crippen LogP contribution in [0.15, 0.2) is 48.5 Å². The molecule has 140 valence electrons. The van der Waals surface area contributed by atoms with Crippen molar-refractivity contribution in [3.8, 4) is 11.1 Å². The van der Waals surface area contributed by atoms with E-state index in [1.807, 2.05) is 0 Å². The molecule has 1 amide bonds. The molecule has 3 nitrogen and oxygen atoms in total. The van der Waals surface area contributed by atoms with Gasteiger partial charge in [-0.15, -0.1) is 0 Å². The zero-order chi connectivity index (χ0) is 18.6. The van der Waals surface area contributed by atoms with Gasteiger partial charge in [0.25, 0.3) is 0 Å². The Kier molecular flexibility index (Phi) is 3.82. The minimum absolute atomic E-state index is 0.121. The first kappa shape index (κ1) is 16.9. The average molecular weight is 361 g/mol. The van der Waals surface area contributed by atoms with Crippen molar-refractivity contribution in [3.05, 3.63) is 59.7 Å². The maximum Gasteiger partial charge on any atom is 0.407 e. The first-order valence-corrected chi connectivity index (χ1v) is 10.2. The van der Waals surface area contributed by atoms with E-state index in [0.29, 0.717) is 12.5 Å². The standard InChI is InChI=1S/C24H27NO2/c1-15-13-16-11-12-24(16,2)22(15)25-23(26)27-14-21-19-9-5-3-7-17(19)18-8-4-6-10-20(18)21/h3-10,15-16,21-22H,11-14H2,1-2H3,(H,25,26)/t15-,16?,22+,24-/m1/s1. The molecule has 0 bridgehead atoms. The fraction of sp³-hybridized carbons (Fsp3) is 0.458. The fourth-order valence-corrected chi connectivity index (χ4v) is 5.91. The summed E-state index contributed by atoms with van der Waals surface area (Å²) in [5.41, 5.74) is 5.30. The van der Waals surface area contributed by atoms with Gasteiger partial charge in [-0.05, 0) is 58.8 Å². The molecule has 0 spiro atoms. The number of rotatable bonds is 3. The summed E-state index contributed by atoms with van der Waals surface area (Å²) in [4.78, 5) is 12.6. The monoisotopic (exact) mass is 361 g/mol. The van der Waals surface area contributed by atoms with E-state index in [1.54, 1.807) is 0 Å². The van der Waals surface area contributed by atoms with E-state index in [0.717, 1.165) is 5.92 Å². The number of benzene rings is 2. The van der Waals surface area contributed by atoms with Gasteiger partial charge in [-0.1, -0.05) is 62.4 Å². The normalized spacial score (nSPS) is 30.8. The lowest BCUT2D eigenvalue weighted by Crippen LogP contribution is -2.51. The van der Waals surface area contributed by atoms with E-state index in [1.165, 1.54) is 41.5 Å². The molecule has 0 aliphatic heterocycles. The summed E-state index contributed by atoms with van der Waals surface area (Å²) in [6.07, 6.45) is 3.49. The molecule has 5 rings (SSSR count). The number of alkyl carbamates (subject to hydrolysis) is 1. The summed E-state index contributed by atoms with van der Waals surface area (Å²) in [5.74, 6) is 1.42. The Morgan fingerprint density at radius 3 is 2.30 bits per heavy atom. The van der Waals surface area contributed by atoms with Crippen molar-refractivity contribution in [2.24, 2.45) is 17.3 Å². The quantitative estimate of drug-likeness (QED) is 0.800. The molecule has 3 heteroatoms. The van der Waals surface area contributed by atoms with Crippen LogP contribution in [-0.4, -0.2) is 18.7 Å². The lowest BCUT2D eigenvalue weighted by molar-refractivity contribution is 0.0514. The molecule has 1 unspecified atom stereocenters. The highest BCUT2D eigenvalue weighted by atomic mass is 16.5. The second-order valence-corrected chi connectivity index (χ2v) is 8.90.